The molecule has 47 heavy (non-hydrogen) atoms. The van der Waals surface area contributed by atoms with Gasteiger partial charge >= 0.3 is 17.9 Å². The van der Waals surface area contributed by atoms with Crippen molar-refractivity contribution in [3.8, 4) is 0 Å². The molecule has 2 bridgehead atoms. The quantitative estimate of drug-likeness (QED) is 0.150. The van der Waals surface area contributed by atoms with Gasteiger partial charge < -0.3 is 28.8 Å². The Hall–Kier alpha value is -2.53. The summed E-state index contributed by atoms with van der Waals surface area (Å²) in [5, 5.41) is 25.6. The molecule has 2 fully saturated rings. The lowest BCUT2D eigenvalue weighted by molar-refractivity contribution is -0.299. The molecule has 0 radical (unpaired) electrons. The van der Waals surface area contributed by atoms with Crippen LogP contribution >= 0.6 is 0 Å². The van der Waals surface area contributed by atoms with Gasteiger partial charge in [-0.15, -0.1) is 0 Å². The van der Waals surface area contributed by atoms with E-state index in [0.29, 0.717) is 5.56 Å². The number of ether oxygens (including phenoxy) is 3. The third-order valence-corrected chi connectivity index (χ3v) is 12.8. The molecule has 0 spiro atoms. The van der Waals surface area contributed by atoms with Crippen LogP contribution in [0.25, 0.3) is 0 Å². The molecular weight excluding hydrogens is 616 g/mol. The maximum Gasteiger partial charge on any atom is 0.338 e. The predicted octanol–water partition coefficient (Wildman–Crippen LogP) is 6.23. The normalized spacial score (nSPS) is 38.4. The van der Waals surface area contributed by atoms with E-state index >= 15 is 0 Å². The monoisotopic (exact) mass is 672 g/mol. The summed E-state index contributed by atoms with van der Waals surface area (Å²) in [6, 6.07) is 8.57. The van der Waals surface area contributed by atoms with Crippen LogP contribution in [0.3, 0.4) is 0 Å². The number of hydrogen-bond donors (Lipinski definition) is 2. The number of rotatable bonds is 7. The Morgan fingerprint density at radius 3 is 2.06 bits per heavy atom. The Kier molecular flexibility index (Phi) is 10.1. The van der Waals surface area contributed by atoms with Crippen LogP contribution in [0.5, 0.6) is 0 Å². The standard InChI is InChI=1S/C37H56O9Si/c1-13-36(45-25(6)39)28(40)19-21(2)35(9)30(36)32(44-33(41)26-17-15-14-16-18-26)37(42)20-27(46-47(10,11)12)22(3)29(34(37,7)8)23(4)31(35)43-24(5)38/h14-18,21,23,27-28,30-32,40,42H,13,19-20H2,1-12H3/t21-,23+,27-,28+,30?,31+,32-,35+,36-,37+/m0/s1. The van der Waals surface area contributed by atoms with Crippen molar-refractivity contribution in [2.24, 2.45) is 28.6 Å². The Bertz CT molecular complexity index is 1400. The Labute approximate surface area is 281 Å². The van der Waals surface area contributed by atoms with Gasteiger partial charge in [-0.25, -0.2) is 4.79 Å². The molecule has 10 atom stereocenters. The molecule has 3 aliphatic rings. The van der Waals surface area contributed by atoms with E-state index in [9.17, 15) is 24.6 Å². The molecule has 2 saturated carbocycles. The minimum absolute atomic E-state index is 0.105. The first-order chi connectivity index (χ1) is 21.6. The summed E-state index contributed by atoms with van der Waals surface area (Å²) in [6.45, 7) is 22.6. The van der Waals surface area contributed by atoms with Gasteiger partial charge in [0.2, 0.25) is 0 Å². The zero-order valence-corrected chi connectivity index (χ0v) is 31.3. The molecule has 0 heterocycles. The van der Waals surface area contributed by atoms with E-state index in [2.05, 4.69) is 19.6 Å². The summed E-state index contributed by atoms with van der Waals surface area (Å²) in [5.74, 6) is -3.49. The first-order valence-corrected chi connectivity index (χ1v) is 20.4. The van der Waals surface area contributed by atoms with Crippen LogP contribution in [0.1, 0.15) is 91.9 Å². The van der Waals surface area contributed by atoms with E-state index in [0.717, 1.165) is 11.1 Å². The first kappa shape index (κ1) is 37.3. The minimum Gasteiger partial charge on any atom is -0.461 e. The van der Waals surface area contributed by atoms with Crippen molar-refractivity contribution in [1.29, 1.82) is 0 Å². The highest BCUT2D eigenvalue weighted by atomic mass is 28.4. The Balaban J connectivity index is 2.18. The van der Waals surface area contributed by atoms with E-state index in [4.69, 9.17) is 18.6 Å². The second kappa shape index (κ2) is 12.7. The number of esters is 3. The number of carbonyl (C=O) groups excluding carboxylic acids is 3. The lowest BCUT2D eigenvalue weighted by Crippen LogP contribution is -2.76. The summed E-state index contributed by atoms with van der Waals surface area (Å²) in [7, 11) is -2.19. The average Bonchev–Trinajstić information content (AvgIpc) is 2.95. The van der Waals surface area contributed by atoms with Crippen LogP contribution in [-0.4, -0.2) is 72.1 Å². The molecule has 1 aromatic rings. The van der Waals surface area contributed by atoms with Gasteiger partial charge in [-0.3, -0.25) is 9.59 Å². The summed E-state index contributed by atoms with van der Waals surface area (Å²) in [5.41, 5.74) is -3.32. The van der Waals surface area contributed by atoms with E-state index in [1.807, 2.05) is 48.5 Å². The fourth-order valence-electron chi connectivity index (χ4n) is 9.64. The summed E-state index contributed by atoms with van der Waals surface area (Å²) < 4.78 is 26.0. The van der Waals surface area contributed by atoms with Crippen molar-refractivity contribution in [3.63, 3.8) is 0 Å². The van der Waals surface area contributed by atoms with Crippen molar-refractivity contribution in [3.05, 3.63) is 47.0 Å². The number of hydrogen-bond acceptors (Lipinski definition) is 9. The number of aliphatic hydroxyl groups excluding tert-OH is 1. The zero-order valence-electron chi connectivity index (χ0n) is 30.3. The smallest absolute Gasteiger partial charge is 0.338 e. The minimum atomic E-state index is -2.19. The molecular formula is C37H56O9Si. The van der Waals surface area contributed by atoms with E-state index in [1.54, 1.807) is 30.3 Å². The SMILES string of the molecule is CC[C@@]1(OC(C)=O)C2[C@H](OC(=O)c3ccccc3)[C@]3(O)C[C@H](O[Si](C)(C)C)C(C)=C([C@@H](C)[C@@H](OC(C)=O)[C@]2(C)[C@@H](C)C[C@H]1O)C3(C)C. The third-order valence-electron chi connectivity index (χ3n) is 11.8. The number of carbonyl (C=O) groups is 3. The van der Waals surface area contributed by atoms with Gasteiger partial charge in [0, 0.05) is 37.0 Å². The highest BCUT2D eigenvalue weighted by Gasteiger charge is 2.74. The fraction of sp³-hybridized carbons (Fsp3) is 0.703. The zero-order chi connectivity index (χ0) is 35.5. The number of fused-ring (bicyclic) bond motifs is 3. The molecule has 2 N–H and O–H groups in total. The Morgan fingerprint density at radius 2 is 1.55 bits per heavy atom. The van der Waals surface area contributed by atoms with Gasteiger partial charge in [0.05, 0.1) is 23.7 Å². The highest BCUT2D eigenvalue weighted by molar-refractivity contribution is 6.69. The molecule has 0 aromatic heterocycles. The maximum atomic E-state index is 14.2. The second-order valence-corrected chi connectivity index (χ2v) is 20.4. The van der Waals surface area contributed by atoms with Crippen LogP contribution < -0.4 is 0 Å². The van der Waals surface area contributed by atoms with Crippen molar-refractivity contribution < 1.29 is 43.2 Å². The van der Waals surface area contributed by atoms with Crippen LogP contribution in [0.15, 0.2) is 41.5 Å². The second-order valence-electron chi connectivity index (χ2n) is 16.0. The van der Waals surface area contributed by atoms with Gasteiger partial charge in [-0.1, -0.05) is 65.3 Å². The molecule has 0 aliphatic heterocycles. The maximum absolute atomic E-state index is 14.2. The van der Waals surface area contributed by atoms with Crippen LogP contribution in [0.4, 0.5) is 0 Å². The third kappa shape index (κ3) is 6.12. The number of benzene rings is 1. The van der Waals surface area contributed by atoms with Gasteiger partial charge in [-0.05, 0) is 63.0 Å². The van der Waals surface area contributed by atoms with Gasteiger partial charge in [-0.2, -0.15) is 0 Å². The van der Waals surface area contributed by atoms with Crippen LogP contribution in [0, 0.1) is 28.6 Å². The van der Waals surface area contributed by atoms with E-state index in [-0.39, 0.29) is 25.2 Å². The molecule has 1 aromatic carbocycles. The summed E-state index contributed by atoms with van der Waals surface area (Å²) >= 11 is 0. The van der Waals surface area contributed by atoms with Crippen LogP contribution in [0.2, 0.25) is 19.6 Å². The molecule has 3 aliphatic carbocycles. The lowest BCUT2D eigenvalue weighted by Gasteiger charge is -2.67. The van der Waals surface area contributed by atoms with Crippen LogP contribution in [-0.2, 0) is 28.2 Å². The highest BCUT2D eigenvalue weighted by Crippen LogP contribution is 2.66. The topological polar surface area (TPSA) is 129 Å². The summed E-state index contributed by atoms with van der Waals surface area (Å²) in [6.07, 6.45) is -3.30. The molecule has 0 saturated heterocycles. The van der Waals surface area contributed by atoms with Gasteiger partial charge in [0.15, 0.2) is 8.32 Å². The van der Waals surface area contributed by atoms with Gasteiger partial charge in [0.1, 0.15) is 23.4 Å². The first-order valence-electron chi connectivity index (χ1n) is 17.0. The van der Waals surface area contributed by atoms with Crippen molar-refractivity contribution in [2.75, 3.05) is 0 Å². The summed E-state index contributed by atoms with van der Waals surface area (Å²) in [4.78, 5) is 40.1. The molecule has 9 nitrogen and oxygen atoms in total. The van der Waals surface area contributed by atoms with Crippen molar-refractivity contribution >= 4 is 26.2 Å². The van der Waals surface area contributed by atoms with E-state index < -0.39 is 84.5 Å². The molecule has 10 heteroatoms. The van der Waals surface area contributed by atoms with Crippen molar-refractivity contribution in [1.82, 2.24) is 0 Å². The predicted molar refractivity (Wildman–Crippen MR) is 181 cm³/mol. The molecule has 0 amide bonds. The Morgan fingerprint density at radius 1 is 0.957 bits per heavy atom. The molecule has 1 unspecified atom stereocenters. The van der Waals surface area contributed by atoms with Crippen molar-refractivity contribution in [2.45, 2.75) is 137 Å². The molecule has 4 rings (SSSR count). The average molecular weight is 673 g/mol. The lowest BCUT2D eigenvalue weighted by atomic mass is 9.42. The number of aliphatic hydroxyl groups is 2. The molecule has 262 valence electrons. The van der Waals surface area contributed by atoms with Gasteiger partial charge in [0.25, 0.3) is 0 Å². The van der Waals surface area contributed by atoms with E-state index in [1.165, 1.54) is 13.8 Å². The fourth-order valence-corrected chi connectivity index (χ4v) is 10.8. The largest absolute Gasteiger partial charge is 0.461 e.